The first kappa shape index (κ1) is 12.4. The zero-order chi connectivity index (χ0) is 11.9. The highest BCUT2D eigenvalue weighted by atomic mass is 35.7. The summed E-state index contributed by atoms with van der Waals surface area (Å²) in [5.41, 5.74) is 3.66. The van der Waals surface area contributed by atoms with Crippen LogP contribution in [0.2, 0.25) is 0 Å². The predicted octanol–water partition coefficient (Wildman–Crippen LogP) is 0.633. The van der Waals surface area contributed by atoms with Crippen LogP contribution in [0.3, 0.4) is 0 Å². The third kappa shape index (κ3) is 2.27. The lowest BCUT2D eigenvalue weighted by molar-refractivity contribution is -0.121. The van der Waals surface area contributed by atoms with Gasteiger partial charge in [0.25, 0.3) is 9.05 Å². The van der Waals surface area contributed by atoms with Gasteiger partial charge in [0.15, 0.2) is 5.78 Å². The van der Waals surface area contributed by atoms with Gasteiger partial charge in [0, 0.05) is 10.7 Å². The van der Waals surface area contributed by atoms with E-state index in [4.69, 9.17) is 16.4 Å². The SMILES string of the molecule is CC(=O)C1(N)C=CC(S(=O)(=O)Cl)=CC1F. The van der Waals surface area contributed by atoms with Crippen LogP contribution >= 0.6 is 10.7 Å². The number of ketones is 1. The first-order valence-electron chi connectivity index (χ1n) is 3.97. The van der Waals surface area contributed by atoms with Crippen molar-refractivity contribution in [2.45, 2.75) is 18.6 Å². The molecule has 1 aliphatic rings. The molecule has 2 unspecified atom stereocenters. The topological polar surface area (TPSA) is 77.2 Å². The minimum Gasteiger partial charge on any atom is -0.313 e. The fourth-order valence-electron chi connectivity index (χ4n) is 1.12. The molecule has 0 spiro atoms. The summed E-state index contributed by atoms with van der Waals surface area (Å²) in [4.78, 5) is 10.7. The zero-order valence-corrected chi connectivity index (χ0v) is 9.35. The molecule has 0 saturated carbocycles. The molecule has 0 aromatic rings. The van der Waals surface area contributed by atoms with Gasteiger partial charge in [0.1, 0.15) is 11.7 Å². The second-order valence-corrected chi connectivity index (χ2v) is 5.80. The van der Waals surface area contributed by atoms with E-state index in [1.807, 2.05) is 0 Å². The summed E-state index contributed by atoms with van der Waals surface area (Å²) >= 11 is 0. The molecule has 0 bridgehead atoms. The van der Waals surface area contributed by atoms with Gasteiger partial charge in [-0.25, -0.2) is 12.8 Å². The van der Waals surface area contributed by atoms with E-state index < -0.39 is 26.5 Å². The molecule has 0 heterocycles. The van der Waals surface area contributed by atoms with Crippen molar-refractivity contribution >= 4 is 25.5 Å². The quantitative estimate of drug-likeness (QED) is 0.733. The summed E-state index contributed by atoms with van der Waals surface area (Å²) < 4.78 is 35.2. The van der Waals surface area contributed by atoms with E-state index in [9.17, 15) is 17.6 Å². The second kappa shape index (κ2) is 3.70. The van der Waals surface area contributed by atoms with Crippen LogP contribution in [0.1, 0.15) is 6.92 Å². The number of rotatable bonds is 2. The van der Waals surface area contributed by atoms with Gasteiger partial charge in [-0.05, 0) is 19.1 Å². The Bertz CT molecular complexity index is 457. The lowest BCUT2D eigenvalue weighted by Gasteiger charge is -2.27. The Morgan fingerprint density at radius 1 is 1.67 bits per heavy atom. The van der Waals surface area contributed by atoms with Crippen LogP contribution in [0.4, 0.5) is 4.39 Å². The van der Waals surface area contributed by atoms with Crippen LogP contribution in [-0.2, 0) is 13.8 Å². The van der Waals surface area contributed by atoms with E-state index in [0.29, 0.717) is 0 Å². The number of hydrogen-bond donors (Lipinski definition) is 1. The molecular weight excluding hydrogens is 245 g/mol. The normalized spacial score (nSPS) is 31.2. The molecule has 84 valence electrons. The number of allylic oxidation sites excluding steroid dienone is 1. The number of Topliss-reactive ketones (excluding diaryl/α,β-unsaturated/α-hetero) is 1. The molecule has 7 heteroatoms. The predicted molar refractivity (Wildman–Crippen MR) is 54.5 cm³/mol. The Labute approximate surface area is 91.0 Å². The average molecular weight is 254 g/mol. The number of carbonyl (C=O) groups is 1. The lowest BCUT2D eigenvalue weighted by Crippen LogP contribution is -2.53. The standard InChI is InChI=1S/C8H9ClFNO3S/c1-5(12)8(11)3-2-6(4-7(8)10)15(9,13)14/h2-4,7H,11H2,1H3. The molecule has 1 rings (SSSR count). The van der Waals surface area contributed by atoms with Gasteiger partial charge in [-0.2, -0.15) is 0 Å². The van der Waals surface area contributed by atoms with Gasteiger partial charge < -0.3 is 5.73 Å². The molecule has 15 heavy (non-hydrogen) atoms. The third-order valence-electron chi connectivity index (χ3n) is 2.18. The maximum atomic E-state index is 13.5. The molecule has 2 atom stereocenters. The van der Waals surface area contributed by atoms with Crippen LogP contribution in [0.15, 0.2) is 23.1 Å². The zero-order valence-electron chi connectivity index (χ0n) is 7.78. The van der Waals surface area contributed by atoms with E-state index in [2.05, 4.69) is 0 Å². The minimum atomic E-state index is -4.00. The number of halogens is 2. The van der Waals surface area contributed by atoms with E-state index >= 15 is 0 Å². The molecule has 0 aromatic carbocycles. The molecule has 0 aliphatic heterocycles. The molecule has 0 radical (unpaired) electrons. The first-order valence-corrected chi connectivity index (χ1v) is 6.28. The van der Waals surface area contributed by atoms with Crippen molar-refractivity contribution in [1.82, 2.24) is 0 Å². The summed E-state index contributed by atoms with van der Waals surface area (Å²) in [5, 5.41) is 0. The number of nitrogens with two attached hydrogens (primary N) is 1. The van der Waals surface area contributed by atoms with Gasteiger partial charge in [0.2, 0.25) is 0 Å². The maximum absolute atomic E-state index is 13.5. The summed E-state index contributed by atoms with van der Waals surface area (Å²) in [7, 11) is 1.02. The Kier molecular flexibility index (Phi) is 3.04. The largest absolute Gasteiger partial charge is 0.313 e. The second-order valence-electron chi connectivity index (χ2n) is 3.23. The fraction of sp³-hybridized carbons (Fsp3) is 0.375. The summed E-state index contributed by atoms with van der Waals surface area (Å²) in [6, 6.07) is 0. The first-order chi connectivity index (χ1) is 6.68. The molecule has 1 aliphatic carbocycles. The monoisotopic (exact) mass is 253 g/mol. The van der Waals surface area contributed by atoms with Gasteiger partial charge in [-0.15, -0.1) is 0 Å². The van der Waals surface area contributed by atoms with Crippen LogP contribution in [0.5, 0.6) is 0 Å². The van der Waals surface area contributed by atoms with Crippen molar-refractivity contribution in [2.75, 3.05) is 0 Å². The van der Waals surface area contributed by atoms with Gasteiger partial charge in [-0.1, -0.05) is 6.08 Å². The maximum Gasteiger partial charge on any atom is 0.261 e. The van der Waals surface area contributed by atoms with Gasteiger partial charge >= 0.3 is 0 Å². The lowest BCUT2D eigenvalue weighted by atomic mass is 9.87. The Balaban J connectivity index is 3.15. The molecule has 0 aromatic heterocycles. The highest BCUT2D eigenvalue weighted by Crippen LogP contribution is 2.27. The van der Waals surface area contributed by atoms with Crippen molar-refractivity contribution < 1.29 is 17.6 Å². The number of carbonyl (C=O) groups excluding carboxylic acids is 1. The Hall–Kier alpha value is -0.720. The van der Waals surface area contributed by atoms with E-state index in [1.54, 1.807) is 0 Å². The van der Waals surface area contributed by atoms with Gasteiger partial charge in [-0.3, -0.25) is 4.79 Å². The fourth-order valence-corrected chi connectivity index (χ4v) is 1.94. The third-order valence-corrected chi connectivity index (χ3v) is 3.55. The highest BCUT2D eigenvalue weighted by Gasteiger charge is 2.39. The average Bonchev–Trinajstić information content (AvgIpc) is 2.07. The van der Waals surface area contributed by atoms with Crippen molar-refractivity contribution in [1.29, 1.82) is 0 Å². The highest BCUT2D eigenvalue weighted by molar-refractivity contribution is 8.17. The molecule has 0 saturated heterocycles. The summed E-state index contributed by atoms with van der Waals surface area (Å²) in [6.07, 6.45) is 0.863. The summed E-state index contributed by atoms with van der Waals surface area (Å²) in [5.74, 6) is -0.589. The van der Waals surface area contributed by atoms with Gasteiger partial charge in [0.05, 0.1) is 4.91 Å². The Morgan fingerprint density at radius 3 is 2.53 bits per heavy atom. The smallest absolute Gasteiger partial charge is 0.261 e. The van der Waals surface area contributed by atoms with Crippen molar-refractivity contribution in [3.05, 3.63) is 23.1 Å². The van der Waals surface area contributed by atoms with Crippen LogP contribution in [0, 0.1) is 0 Å². The molecule has 2 N–H and O–H groups in total. The number of hydrogen-bond acceptors (Lipinski definition) is 4. The van der Waals surface area contributed by atoms with E-state index in [1.165, 1.54) is 0 Å². The summed E-state index contributed by atoms with van der Waals surface area (Å²) in [6.45, 7) is 1.13. The molecule has 0 fully saturated rings. The molecule has 4 nitrogen and oxygen atoms in total. The Morgan fingerprint density at radius 2 is 2.20 bits per heavy atom. The van der Waals surface area contributed by atoms with Crippen molar-refractivity contribution in [2.24, 2.45) is 5.73 Å². The molecule has 0 amide bonds. The van der Waals surface area contributed by atoms with Crippen LogP contribution in [-0.4, -0.2) is 25.9 Å². The van der Waals surface area contributed by atoms with Crippen molar-refractivity contribution in [3.63, 3.8) is 0 Å². The molecular formula is C8H9ClFNO3S. The minimum absolute atomic E-state index is 0.390. The van der Waals surface area contributed by atoms with Crippen LogP contribution < -0.4 is 5.73 Å². The van der Waals surface area contributed by atoms with Crippen LogP contribution in [0.25, 0.3) is 0 Å². The van der Waals surface area contributed by atoms with Crippen molar-refractivity contribution in [3.8, 4) is 0 Å². The number of alkyl halides is 1. The van der Waals surface area contributed by atoms with E-state index in [-0.39, 0.29) is 4.91 Å². The van der Waals surface area contributed by atoms with E-state index in [0.717, 1.165) is 25.2 Å².